The van der Waals surface area contributed by atoms with Crippen molar-refractivity contribution in [2.45, 2.75) is 6.61 Å². The number of halogens is 1. The molecule has 0 heterocycles. The fourth-order valence-electron chi connectivity index (χ4n) is 1.46. The minimum absolute atomic E-state index is 0.0548. The van der Waals surface area contributed by atoms with Gasteiger partial charge in [-0.2, -0.15) is 0 Å². The van der Waals surface area contributed by atoms with Crippen molar-refractivity contribution in [1.29, 1.82) is 0 Å². The molecule has 0 saturated heterocycles. The summed E-state index contributed by atoms with van der Waals surface area (Å²) >= 11 is 0. The quantitative estimate of drug-likeness (QED) is 0.707. The zero-order valence-electron chi connectivity index (χ0n) is 7.00. The van der Waals surface area contributed by atoms with E-state index in [-0.39, 0.29) is 12.4 Å². The Bertz CT molecular complexity index is 437. The van der Waals surface area contributed by atoms with Gasteiger partial charge in [0.05, 0.1) is 6.61 Å². The molecule has 0 fully saturated rings. The minimum Gasteiger partial charge on any atom is -0.392 e. The van der Waals surface area contributed by atoms with Gasteiger partial charge in [-0.15, -0.1) is 0 Å². The van der Waals surface area contributed by atoms with Crippen molar-refractivity contribution in [2.24, 2.45) is 0 Å². The summed E-state index contributed by atoms with van der Waals surface area (Å²) in [6, 6.07) is 10.1. The van der Waals surface area contributed by atoms with E-state index in [9.17, 15) is 4.39 Å². The highest BCUT2D eigenvalue weighted by Gasteiger charge is 2.03. The van der Waals surface area contributed by atoms with E-state index in [1.807, 2.05) is 12.1 Å². The van der Waals surface area contributed by atoms with Crippen LogP contribution in [0.15, 0.2) is 36.4 Å². The summed E-state index contributed by atoms with van der Waals surface area (Å²) in [5, 5.41) is 10.4. The molecule has 0 amide bonds. The van der Waals surface area contributed by atoms with Crippen molar-refractivity contribution in [3.05, 3.63) is 47.8 Å². The lowest BCUT2D eigenvalue weighted by atomic mass is 10.0. The molecule has 0 aliphatic carbocycles. The van der Waals surface area contributed by atoms with Crippen molar-refractivity contribution in [3.8, 4) is 0 Å². The first-order valence-corrected chi connectivity index (χ1v) is 4.10. The van der Waals surface area contributed by atoms with Gasteiger partial charge in [-0.25, -0.2) is 4.39 Å². The van der Waals surface area contributed by atoms with Crippen LogP contribution in [0.1, 0.15) is 5.56 Å². The first-order valence-electron chi connectivity index (χ1n) is 4.10. The fraction of sp³-hybridized carbons (Fsp3) is 0.0909. The second-order valence-electron chi connectivity index (χ2n) is 2.91. The Hall–Kier alpha value is -1.41. The van der Waals surface area contributed by atoms with E-state index >= 15 is 0 Å². The SMILES string of the molecule is OCc1ccc(F)c2ccccc12. The Labute approximate surface area is 75.4 Å². The van der Waals surface area contributed by atoms with Crippen molar-refractivity contribution < 1.29 is 9.50 Å². The Kier molecular flexibility index (Phi) is 1.99. The van der Waals surface area contributed by atoms with Gasteiger partial charge in [-0.1, -0.05) is 30.3 Å². The zero-order valence-corrected chi connectivity index (χ0v) is 7.00. The number of hydrogen-bond donors (Lipinski definition) is 1. The molecule has 66 valence electrons. The maximum Gasteiger partial charge on any atom is 0.131 e. The van der Waals surface area contributed by atoms with E-state index in [0.29, 0.717) is 5.39 Å². The molecule has 2 aromatic rings. The van der Waals surface area contributed by atoms with Crippen molar-refractivity contribution in [3.63, 3.8) is 0 Å². The van der Waals surface area contributed by atoms with Gasteiger partial charge in [0.25, 0.3) is 0 Å². The summed E-state index contributed by atoms with van der Waals surface area (Å²) in [6.45, 7) is -0.0548. The van der Waals surface area contributed by atoms with Crippen LogP contribution >= 0.6 is 0 Å². The summed E-state index contributed by atoms with van der Waals surface area (Å²) in [5.74, 6) is -0.243. The molecule has 2 heteroatoms. The lowest BCUT2D eigenvalue weighted by Gasteiger charge is -2.03. The molecule has 2 aromatic carbocycles. The van der Waals surface area contributed by atoms with Crippen LogP contribution < -0.4 is 0 Å². The van der Waals surface area contributed by atoms with Crippen molar-refractivity contribution >= 4 is 10.8 Å². The molecule has 0 saturated carbocycles. The van der Waals surface area contributed by atoms with Gasteiger partial charge < -0.3 is 5.11 Å². The molecule has 0 unspecified atom stereocenters. The van der Waals surface area contributed by atoms with Crippen LogP contribution in [-0.2, 0) is 6.61 Å². The molecule has 0 aliphatic heterocycles. The monoisotopic (exact) mass is 176 g/mol. The van der Waals surface area contributed by atoms with E-state index in [4.69, 9.17) is 5.11 Å². The molecule has 1 N–H and O–H groups in total. The second kappa shape index (κ2) is 3.15. The van der Waals surface area contributed by atoms with Crippen molar-refractivity contribution in [2.75, 3.05) is 0 Å². The number of benzene rings is 2. The van der Waals surface area contributed by atoms with Crippen LogP contribution in [0.3, 0.4) is 0 Å². The Balaban J connectivity index is 2.84. The van der Waals surface area contributed by atoms with Gasteiger partial charge >= 0.3 is 0 Å². The van der Waals surface area contributed by atoms with Gasteiger partial charge in [-0.05, 0) is 17.0 Å². The second-order valence-corrected chi connectivity index (χ2v) is 2.91. The van der Waals surface area contributed by atoms with Crippen molar-refractivity contribution in [1.82, 2.24) is 0 Å². The topological polar surface area (TPSA) is 20.2 Å². The molecule has 0 bridgehead atoms. The standard InChI is InChI=1S/C11H9FO/c12-11-6-5-8(7-13)9-3-1-2-4-10(9)11/h1-6,13H,7H2. The van der Waals surface area contributed by atoms with E-state index in [2.05, 4.69) is 0 Å². The highest BCUT2D eigenvalue weighted by Crippen LogP contribution is 2.21. The predicted octanol–water partition coefficient (Wildman–Crippen LogP) is 2.47. The first-order chi connectivity index (χ1) is 6.33. The molecule has 0 atom stereocenters. The van der Waals surface area contributed by atoms with Gasteiger partial charge in [0.15, 0.2) is 0 Å². The molecule has 1 nitrogen and oxygen atoms in total. The van der Waals surface area contributed by atoms with Crippen LogP contribution in [0, 0.1) is 5.82 Å². The fourth-order valence-corrected chi connectivity index (χ4v) is 1.46. The molecular weight excluding hydrogens is 167 g/mol. The number of aliphatic hydroxyl groups is 1. The Morgan fingerprint density at radius 2 is 1.69 bits per heavy atom. The third-order valence-electron chi connectivity index (χ3n) is 2.13. The number of fused-ring (bicyclic) bond motifs is 1. The third-order valence-corrected chi connectivity index (χ3v) is 2.13. The average Bonchev–Trinajstić information content (AvgIpc) is 2.19. The lowest BCUT2D eigenvalue weighted by Crippen LogP contribution is -1.87. The summed E-state index contributed by atoms with van der Waals surface area (Å²) in [4.78, 5) is 0. The molecule has 0 aromatic heterocycles. The minimum atomic E-state index is -0.243. The van der Waals surface area contributed by atoms with Crippen LogP contribution in [0.2, 0.25) is 0 Å². The van der Waals surface area contributed by atoms with E-state index in [1.54, 1.807) is 18.2 Å². The highest BCUT2D eigenvalue weighted by atomic mass is 19.1. The van der Waals surface area contributed by atoms with Crippen LogP contribution in [0.4, 0.5) is 4.39 Å². The van der Waals surface area contributed by atoms with Gasteiger partial charge in [0.1, 0.15) is 5.82 Å². The first kappa shape index (κ1) is 8.20. The van der Waals surface area contributed by atoms with E-state index in [1.165, 1.54) is 6.07 Å². The summed E-state index contributed by atoms with van der Waals surface area (Å²) in [6.07, 6.45) is 0. The lowest BCUT2D eigenvalue weighted by molar-refractivity contribution is 0.283. The number of rotatable bonds is 1. The maximum absolute atomic E-state index is 13.2. The summed E-state index contributed by atoms with van der Waals surface area (Å²) in [5.41, 5.74) is 0.761. The van der Waals surface area contributed by atoms with Crippen LogP contribution in [0.5, 0.6) is 0 Å². The number of aliphatic hydroxyl groups excluding tert-OH is 1. The van der Waals surface area contributed by atoms with Gasteiger partial charge in [-0.3, -0.25) is 0 Å². The third kappa shape index (κ3) is 1.29. The maximum atomic E-state index is 13.2. The average molecular weight is 176 g/mol. The summed E-state index contributed by atoms with van der Waals surface area (Å²) in [7, 11) is 0. The number of hydrogen-bond acceptors (Lipinski definition) is 1. The molecule has 2 rings (SSSR count). The Morgan fingerprint density at radius 3 is 2.38 bits per heavy atom. The normalized spacial score (nSPS) is 10.6. The smallest absolute Gasteiger partial charge is 0.131 e. The van der Waals surface area contributed by atoms with E-state index in [0.717, 1.165) is 10.9 Å². The predicted molar refractivity (Wildman–Crippen MR) is 49.8 cm³/mol. The molecule has 0 aliphatic rings. The summed E-state index contributed by atoms with van der Waals surface area (Å²) < 4.78 is 13.2. The zero-order chi connectivity index (χ0) is 9.26. The van der Waals surface area contributed by atoms with Crippen LogP contribution in [0.25, 0.3) is 10.8 Å². The van der Waals surface area contributed by atoms with E-state index < -0.39 is 0 Å². The van der Waals surface area contributed by atoms with Gasteiger partial charge in [0, 0.05) is 5.39 Å². The molecule has 13 heavy (non-hydrogen) atoms. The van der Waals surface area contributed by atoms with Crippen LogP contribution in [-0.4, -0.2) is 5.11 Å². The molecule has 0 radical (unpaired) electrons. The largest absolute Gasteiger partial charge is 0.392 e. The Morgan fingerprint density at radius 1 is 1.00 bits per heavy atom. The molecule has 0 spiro atoms. The molecular formula is C11H9FO. The van der Waals surface area contributed by atoms with Gasteiger partial charge in [0.2, 0.25) is 0 Å². The highest BCUT2D eigenvalue weighted by molar-refractivity contribution is 5.86.